The van der Waals surface area contributed by atoms with Gasteiger partial charge in [-0.15, -0.1) is 0 Å². The third kappa shape index (κ3) is 37.3. The average molecular weight is 750 g/mol. The fourth-order valence-electron chi connectivity index (χ4n) is 7.23. The van der Waals surface area contributed by atoms with E-state index in [4.69, 9.17) is 4.74 Å². The van der Waals surface area contributed by atoms with Crippen molar-refractivity contribution in [3.8, 4) is 0 Å². The standard InChI is InChI=1S/C47H91NO5/c1-4-7-10-13-16-19-22-23-25-27-30-33-36-39-45(50)44(42-49)48-46(51)41-43(38-35-32-29-26-21-18-15-12-9-6-3)53-47(52)40-37-34-31-28-24-20-17-14-11-8-5-2/h14,17,43-45,49-50H,4-13,15-16,18-42H2,1-3H3,(H,48,51)/b17-14-. The topological polar surface area (TPSA) is 95.9 Å². The molecule has 0 spiro atoms. The molecule has 0 aromatic rings. The zero-order valence-corrected chi connectivity index (χ0v) is 35.7. The monoisotopic (exact) mass is 750 g/mol. The first kappa shape index (κ1) is 51.6. The Morgan fingerprint density at radius 2 is 0.925 bits per heavy atom. The van der Waals surface area contributed by atoms with Gasteiger partial charge in [-0.3, -0.25) is 9.59 Å². The van der Waals surface area contributed by atoms with Crippen LogP contribution in [-0.2, 0) is 14.3 Å². The molecule has 6 heteroatoms. The van der Waals surface area contributed by atoms with E-state index in [1.54, 1.807) is 0 Å². The van der Waals surface area contributed by atoms with Crippen molar-refractivity contribution in [1.82, 2.24) is 5.32 Å². The Morgan fingerprint density at radius 1 is 0.528 bits per heavy atom. The molecule has 3 atom stereocenters. The molecular weight excluding hydrogens is 659 g/mol. The maximum atomic E-state index is 13.1. The minimum atomic E-state index is -0.781. The second-order valence-corrected chi connectivity index (χ2v) is 16.2. The zero-order chi connectivity index (χ0) is 38.9. The molecule has 0 heterocycles. The van der Waals surface area contributed by atoms with Crippen LogP contribution in [0, 0.1) is 0 Å². The van der Waals surface area contributed by atoms with Gasteiger partial charge in [0.25, 0.3) is 0 Å². The summed E-state index contributed by atoms with van der Waals surface area (Å²) in [4.78, 5) is 25.9. The lowest BCUT2D eigenvalue weighted by molar-refractivity contribution is -0.151. The number of aliphatic hydroxyl groups excluding tert-OH is 2. The number of carbonyl (C=O) groups is 2. The number of rotatable bonds is 42. The fraction of sp³-hybridized carbons (Fsp3) is 0.915. The highest BCUT2D eigenvalue weighted by Gasteiger charge is 2.24. The molecule has 0 aromatic carbocycles. The van der Waals surface area contributed by atoms with Gasteiger partial charge in [-0.1, -0.05) is 206 Å². The van der Waals surface area contributed by atoms with Crippen LogP contribution in [0.3, 0.4) is 0 Å². The van der Waals surface area contributed by atoms with E-state index in [1.165, 1.54) is 154 Å². The highest BCUT2D eigenvalue weighted by molar-refractivity contribution is 5.77. The molecule has 6 nitrogen and oxygen atoms in total. The van der Waals surface area contributed by atoms with Crippen LogP contribution in [0.25, 0.3) is 0 Å². The Kier molecular flexibility index (Phi) is 40.7. The summed E-state index contributed by atoms with van der Waals surface area (Å²) in [6.45, 7) is 6.44. The number of esters is 1. The molecule has 0 saturated heterocycles. The normalized spacial score (nSPS) is 13.4. The number of ether oxygens (including phenoxy) is 1. The number of carbonyl (C=O) groups excluding carboxylic acids is 2. The fourth-order valence-corrected chi connectivity index (χ4v) is 7.23. The van der Waals surface area contributed by atoms with Gasteiger partial charge in [0.2, 0.25) is 5.91 Å². The Morgan fingerprint density at radius 3 is 1.40 bits per heavy atom. The average Bonchev–Trinajstić information content (AvgIpc) is 3.15. The van der Waals surface area contributed by atoms with Crippen LogP contribution >= 0.6 is 0 Å². The Labute approximate surface area is 329 Å². The van der Waals surface area contributed by atoms with Gasteiger partial charge in [0.1, 0.15) is 6.10 Å². The van der Waals surface area contributed by atoms with Crippen molar-refractivity contribution < 1.29 is 24.5 Å². The Hall–Kier alpha value is -1.40. The van der Waals surface area contributed by atoms with Gasteiger partial charge in [-0.05, 0) is 44.9 Å². The van der Waals surface area contributed by atoms with Crippen molar-refractivity contribution in [3.63, 3.8) is 0 Å². The lowest BCUT2D eigenvalue weighted by Crippen LogP contribution is -2.46. The first-order valence-corrected chi connectivity index (χ1v) is 23.4. The summed E-state index contributed by atoms with van der Waals surface area (Å²) < 4.78 is 5.89. The third-order valence-corrected chi connectivity index (χ3v) is 10.8. The van der Waals surface area contributed by atoms with Gasteiger partial charge in [-0.2, -0.15) is 0 Å². The molecule has 0 radical (unpaired) electrons. The van der Waals surface area contributed by atoms with Crippen LogP contribution in [0.15, 0.2) is 12.2 Å². The summed E-state index contributed by atoms with van der Waals surface area (Å²) >= 11 is 0. The van der Waals surface area contributed by atoms with Gasteiger partial charge in [0.15, 0.2) is 0 Å². The minimum absolute atomic E-state index is 0.0803. The second kappa shape index (κ2) is 41.8. The van der Waals surface area contributed by atoms with Crippen LogP contribution in [0.4, 0.5) is 0 Å². The molecule has 0 saturated carbocycles. The van der Waals surface area contributed by atoms with Crippen molar-refractivity contribution in [2.45, 2.75) is 270 Å². The molecule has 0 fully saturated rings. The summed E-state index contributed by atoms with van der Waals surface area (Å²) in [5.74, 6) is -0.475. The van der Waals surface area contributed by atoms with Gasteiger partial charge < -0.3 is 20.3 Å². The summed E-state index contributed by atoms with van der Waals surface area (Å²) in [5, 5.41) is 23.7. The van der Waals surface area contributed by atoms with Crippen LogP contribution in [-0.4, -0.2) is 46.9 Å². The quantitative estimate of drug-likeness (QED) is 0.0328. The van der Waals surface area contributed by atoms with Crippen molar-refractivity contribution in [2.75, 3.05) is 6.61 Å². The molecule has 3 unspecified atom stereocenters. The maximum absolute atomic E-state index is 13.1. The molecule has 0 aliphatic heterocycles. The van der Waals surface area contributed by atoms with E-state index < -0.39 is 18.2 Å². The lowest BCUT2D eigenvalue weighted by atomic mass is 10.0. The van der Waals surface area contributed by atoms with E-state index in [0.29, 0.717) is 19.3 Å². The van der Waals surface area contributed by atoms with Crippen LogP contribution in [0.5, 0.6) is 0 Å². The highest BCUT2D eigenvalue weighted by atomic mass is 16.5. The molecule has 0 aromatic heterocycles. The Bertz CT molecular complexity index is 802. The van der Waals surface area contributed by atoms with Crippen molar-refractivity contribution in [3.05, 3.63) is 12.2 Å². The largest absolute Gasteiger partial charge is 0.462 e. The van der Waals surface area contributed by atoms with E-state index in [-0.39, 0.29) is 24.9 Å². The molecule has 0 bridgehead atoms. The molecule has 1 amide bonds. The van der Waals surface area contributed by atoms with E-state index >= 15 is 0 Å². The second-order valence-electron chi connectivity index (χ2n) is 16.2. The molecule has 0 aliphatic rings. The Balaban J connectivity index is 4.51. The first-order chi connectivity index (χ1) is 26.0. The highest BCUT2D eigenvalue weighted by Crippen LogP contribution is 2.18. The molecule has 0 rings (SSSR count). The number of hydrogen-bond acceptors (Lipinski definition) is 5. The molecule has 53 heavy (non-hydrogen) atoms. The predicted molar refractivity (Wildman–Crippen MR) is 227 cm³/mol. The summed E-state index contributed by atoms with van der Waals surface area (Å²) in [7, 11) is 0. The van der Waals surface area contributed by atoms with Crippen LogP contribution in [0.2, 0.25) is 0 Å². The van der Waals surface area contributed by atoms with Gasteiger partial charge in [-0.25, -0.2) is 0 Å². The van der Waals surface area contributed by atoms with Crippen LogP contribution < -0.4 is 5.32 Å². The number of hydrogen-bond donors (Lipinski definition) is 3. The minimum Gasteiger partial charge on any atom is -0.462 e. The van der Waals surface area contributed by atoms with Gasteiger partial charge in [0, 0.05) is 6.42 Å². The van der Waals surface area contributed by atoms with E-state index in [9.17, 15) is 19.8 Å². The first-order valence-electron chi connectivity index (χ1n) is 23.4. The third-order valence-electron chi connectivity index (χ3n) is 10.8. The van der Waals surface area contributed by atoms with Gasteiger partial charge >= 0.3 is 5.97 Å². The van der Waals surface area contributed by atoms with Gasteiger partial charge in [0.05, 0.1) is 25.2 Å². The van der Waals surface area contributed by atoms with Crippen molar-refractivity contribution >= 4 is 11.9 Å². The van der Waals surface area contributed by atoms with E-state index in [2.05, 4.69) is 38.2 Å². The summed E-state index contributed by atoms with van der Waals surface area (Å²) in [5.41, 5.74) is 0. The molecule has 0 aliphatic carbocycles. The van der Waals surface area contributed by atoms with E-state index in [0.717, 1.165) is 51.4 Å². The van der Waals surface area contributed by atoms with Crippen molar-refractivity contribution in [1.29, 1.82) is 0 Å². The summed E-state index contributed by atoms with van der Waals surface area (Å²) in [6, 6.07) is -0.694. The number of allylic oxidation sites excluding steroid dienone is 2. The lowest BCUT2D eigenvalue weighted by Gasteiger charge is -2.24. The number of aliphatic hydroxyl groups is 2. The molecule has 3 N–H and O–H groups in total. The SMILES string of the molecule is CCCC/C=C\CCCCCCCC(=O)OC(CCCCCCCCCCCC)CC(=O)NC(CO)C(O)CCCCCCCCCCCCCCC. The number of unbranched alkanes of at least 4 members (excludes halogenated alkanes) is 28. The van der Waals surface area contributed by atoms with E-state index in [1.807, 2.05) is 0 Å². The molecular formula is C47H91NO5. The number of nitrogens with one attached hydrogen (secondary N) is 1. The number of amides is 1. The van der Waals surface area contributed by atoms with Crippen LogP contribution in [0.1, 0.15) is 252 Å². The maximum Gasteiger partial charge on any atom is 0.306 e. The predicted octanol–water partition coefficient (Wildman–Crippen LogP) is 13.4. The smallest absolute Gasteiger partial charge is 0.306 e. The zero-order valence-electron chi connectivity index (χ0n) is 35.7. The summed E-state index contributed by atoms with van der Waals surface area (Å²) in [6.07, 6.45) is 44.1. The van der Waals surface area contributed by atoms with Crippen molar-refractivity contribution in [2.24, 2.45) is 0 Å². The molecule has 314 valence electrons.